The molecule has 134 valence electrons. The Balaban J connectivity index is 1.60. The van der Waals surface area contributed by atoms with Crippen molar-refractivity contribution >= 4 is 6.03 Å². The smallest absolute Gasteiger partial charge is 0.314 e. The topological polar surface area (TPSA) is 53.6 Å². The van der Waals surface area contributed by atoms with Crippen molar-refractivity contribution in [3.63, 3.8) is 0 Å². The minimum absolute atomic E-state index is 0.0580. The van der Waals surface area contributed by atoms with E-state index < -0.39 is 5.92 Å². The van der Waals surface area contributed by atoms with Gasteiger partial charge in [-0.1, -0.05) is 0 Å². The minimum atomic E-state index is -2.51. The molecule has 1 aliphatic heterocycles. The molecular weight excluding hydrogens is 304 g/mol. The summed E-state index contributed by atoms with van der Waals surface area (Å²) in [5.74, 6) is -2.34. The van der Waals surface area contributed by atoms with E-state index in [9.17, 15) is 13.6 Å². The monoisotopic (exact) mass is 333 g/mol. The Kier molecular flexibility index (Phi) is 7.02. The van der Waals surface area contributed by atoms with Crippen LogP contribution in [0.25, 0.3) is 0 Å². The third-order valence-corrected chi connectivity index (χ3v) is 4.97. The SMILES string of the molecule is COCCN1CCC[C@@H]1CNC(=O)NCC1CCC(F)(F)CC1. The molecule has 2 amide bonds. The molecule has 1 saturated carbocycles. The standard InChI is InChI=1S/C16H29F2N3O2/c1-23-10-9-21-8-2-3-14(21)12-20-15(22)19-11-13-4-6-16(17,18)7-5-13/h13-14H,2-12H2,1H3,(H2,19,20,22)/t14-/m1/s1. The number of urea groups is 1. The molecule has 1 aliphatic carbocycles. The number of nitrogens with one attached hydrogen (secondary N) is 2. The van der Waals surface area contributed by atoms with E-state index in [0.717, 1.165) is 25.9 Å². The number of alkyl halides is 2. The highest BCUT2D eigenvalue weighted by atomic mass is 19.3. The second-order valence-corrected chi connectivity index (χ2v) is 6.72. The van der Waals surface area contributed by atoms with Gasteiger partial charge in [0, 0.05) is 45.6 Å². The van der Waals surface area contributed by atoms with Crippen molar-refractivity contribution in [2.24, 2.45) is 5.92 Å². The summed E-state index contributed by atoms with van der Waals surface area (Å²) in [7, 11) is 1.69. The molecule has 7 heteroatoms. The normalized spacial score (nSPS) is 25.4. The van der Waals surface area contributed by atoms with Crippen LogP contribution in [0.5, 0.6) is 0 Å². The van der Waals surface area contributed by atoms with Gasteiger partial charge in [0.05, 0.1) is 6.61 Å². The van der Waals surface area contributed by atoms with E-state index in [1.54, 1.807) is 7.11 Å². The molecule has 2 N–H and O–H groups in total. The molecule has 0 aromatic carbocycles. The van der Waals surface area contributed by atoms with Gasteiger partial charge in [-0.2, -0.15) is 0 Å². The van der Waals surface area contributed by atoms with E-state index >= 15 is 0 Å². The number of ether oxygens (including phenoxy) is 1. The van der Waals surface area contributed by atoms with Gasteiger partial charge in [-0.3, -0.25) is 4.90 Å². The number of methoxy groups -OCH3 is 1. The average Bonchev–Trinajstić information content (AvgIpc) is 2.97. The highest BCUT2D eigenvalue weighted by Gasteiger charge is 2.34. The summed E-state index contributed by atoms with van der Waals surface area (Å²) in [4.78, 5) is 14.2. The molecule has 2 rings (SSSR count). The van der Waals surface area contributed by atoms with Gasteiger partial charge in [0.25, 0.3) is 0 Å². The van der Waals surface area contributed by atoms with Crippen LogP contribution in [0, 0.1) is 5.92 Å². The molecule has 23 heavy (non-hydrogen) atoms. The van der Waals surface area contributed by atoms with Crippen molar-refractivity contribution in [2.75, 3.05) is 39.9 Å². The van der Waals surface area contributed by atoms with Crippen LogP contribution >= 0.6 is 0 Å². The molecule has 0 aromatic heterocycles. The van der Waals surface area contributed by atoms with Crippen molar-refractivity contribution in [3.05, 3.63) is 0 Å². The van der Waals surface area contributed by atoms with Gasteiger partial charge in [-0.25, -0.2) is 13.6 Å². The Morgan fingerprint density at radius 3 is 2.61 bits per heavy atom. The molecule has 0 spiro atoms. The Labute approximate surface area is 137 Å². The largest absolute Gasteiger partial charge is 0.383 e. The second-order valence-electron chi connectivity index (χ2n) is 6.72. The fourth-order valence-electron chi connectivity index (χ4n) is 3.44. The third kappa shape index (κ3) is 6.22. The first-order chi connectivity index (χ1) is 11.0. The van der Waals surface area contributed by atoms with Gasteiger partial charge in [-0.05, 0) is 38.1 Å². The maximum absolute atomic E-state index is 13.1. The maximum atomic E-state index is 13.1. The van der Waals surface area contributed by atoms with Crippen molar-refractivity contribution in [3.8, 4) is 0 Å². The predicted molar refractivity (Wildman–Crippen MR) is 84.8 cm³/mol. The number of nitrogens with zero attached hydrogens (tertiary/aromatic N) is 1. The van der Waals surface area contributed by atoms with E-state index in [1.165, 1.54) is 0 Å². The summed E-state index contributed by atoms with van der Waals surface area (Å²) in [6.45, 7) is 3.75. The zero-order valence-electron chi connectivity index (χ0n) is 14.0. The number of carbonyl (C=O) groups excluding carboxylic acids is 1. The lowest BCUT2D eigenvalue weighted by Gasteiger charge is -2.28. The van der Waals surface area contributed by atoms with Gasteiger partial charge in [0.15, 0.2) is 0 Å². The van der Waals surface area contributed by atoms with Crippen LogP contribution < -0.4 is 10.6 Å². The van der Waals surface area contributed by atoms with Crippen LogP contribution in [0.4, 0.5) is 13.6 Å². The van der Waals surface area contributed by atoms with Crippen LogP contribution in [-0.2, 0) is 4.74 Å². The van der Waals surface area contributed by atoms with Crippen LogP contribution in [-0.4, -0.2) is 62.8 Å². The molecular formula is C16H29F2N3O2. The zero-order chi connectivity index (χ0) is 16.7. The Morgan fingerprint density at radius 2 is 1.91 bits per heavy atom. The molecule has 2 fully saturated rings. The van der Waals surface area contributed by atoms with Crippen molar-refractivity contribution in [1.29, 1.82) is 0 Å². The number of rotatable bonds is 7. The van der Waals surface area contributed by atoms with Crippen LogP contribution in [0.3, 0.4) is 0 Å². The van der Waals surface area contributed by atoms with Crippen molar-refractivity contribution in [1.82, 2.24) is 15.5 Å². The molecule has 5 nitrogen and oxygen atoms in total. The zero-order valence-corrected chi connectivity index (χ0v) is 14.0. The number of likely N-dealkylation sites (tertiary alicyclic amines) is 1. The molecule has 0 radical (unpaired) electrons. The van der Waals surface area contributed by atoms with Gasteiger partial charge in [0.2, 0.25) is 5.92 Å². The quantitative estimate of drug-likeness (QED) is 0.751. The van der Waals surface area contributed by atoms with Crippen molar-refractivity contribution in [2.45, 2.75) is 50.5 Å². The molecule has 1 atom stereocenters. The van der Waals surface area contributed by atoms with Crippen LogP contribution in [0.1, 0.15) is 38.5 Å². The number of halogens is 2. The lowest BCUT2D eigenvalue weighted by molar-refractivity contribution is -0.0451. The second kappa shape index (κ2) is 8.78. The summed E-state index contributed by atoms with van der Waals surface area (Å²) < 4.78 is 31.3. The van der Waals surface area contributed by atoms with E-state index in [0.29, 0.717) is 38.6 Å². The lowest BCUT2D eigenvalue weighted by atomic mass is 9.87. The molecule has 1 saturated heterocycles. The predicted octanol–water partition coefficient (Wildman–Crippen LogP) is 2.22. The van der Waals surface area contributed by atoms with Crippen LogP contribution in [0.2, 0.25) is 0 Å². The Hall–Kier alpha value is -0.950. The Bertz CT molecular complexity index is 372. The summed E-state index contributed by atoms with van der Waals surface area (Å²) in [6.07, 6.45) is 3.09. The first kappa shape index (κ1) is 18.4. The van der Waals surface area contributed by atoms with Gasteiger partial charge >= 0.3 is 6.03 Å². The highest BCUT2D eigenvalue weighted by Crippen LogP contribution is 2.35. The average molecular weight is 333 g/mol. The fourth-order valence-corrected chi connectivity index (χ4v) is 3.44. The minimum Gasteiger partial charge on any atom is -0.383 e. The highest BCUT2D eigenvalue weighted by molar-refractivity contribution is 5.73. The lowest BCUT2D eigenvalue weighted by Crippen LogP contribution is -2.46. The van der Waals surface area contributed by atoms with Gasteiger partial charge < -0.3 is 15.4 Å². The third-order valence-electron chi connectivity index (χ3n) is 4.97. The van der Waals surface area contributed by atoms with E-state index in [-0.39, 0.29) is 24.8 Å². The fraction of sp³-hybridized carbons (Fsp3) is 0.938. The first-order valence-electron chi connectivity index (χ1n) is 8.63. The number of carbonyl (C=O) groups is 1. The van der Waals surface area contributed by atoms with E-state index in [1.807, 2.05) is 0 Å². The summed E-state index contributed by atoms with van der Waals surface area (Å²) in [5, 5.41) is 5.73. The van der Waals surface area contributed by atoms with Crippen LogP contribution in [0.15, 0.2) is 0 Å². The summed E-state index contributed by atoms with van der Waals surface area (Å²) >= 11 is 0. The number of amides is 2. The molecule has 0 aromatic rings. The summed E-state index contributed by atoms with van der Waals surface area (Å²) in [6, 6.07) is 0.171. The van der Waals surface area contributed by atoms with E-state index in [4.69, 9.17) is 4.74 Å². The number of hydrogen-bond donors (Lipinski definition) is 2. The summed E-state index contributed by atoms with van der Waals surface area (Å²) in [5.41, 5.74) is 0. The maximum Gasteiger partial charge on any atom is 0.314 e. The van der Waals surface area contributed by atoms with Gasteiger partial charge in [0.1, 0.15) is 0 Å². The molecule has 2 aliphatic rings. The first-order valence-corrected chi connectivity index (χ1v) is 8.63. The molecule has 1 heterocycles. The Morgan fingerprint density at radius 1 is 1.22 bits per heavy atom. The molecule has 0 unspecified atom stereocenters. The molecule has 0 bridgehead atoms. The van der Waals surface area contributed by atoms with Gasteiger partial charge in [-0.15, -0.1) is 0 Å². The number of hydrogen-bond acceptors (Lipinski definition) is 3. The van der Waals surface area contributed by atoms with E-state index in [2.05, 4.69) is 15.5 Å². The van der Waals surface area contributed by atoms with Crippen molar-refractivity contribution < 1.29 is 18.3 Å².